The fourth-order valence-electron chi connectivity index (χ4n) is 1.63. The van der Waals surface area contributed by atoms with Gasteiger partial charge in [0.25, 0.3) is 0 Å². The van der Waals surface area contributed by atoms with Crippen molar-refractivity contribution in [2.75, 3.05) is 7.05 Å². The van der Waals surface area contributed by atoms with Crippen molar-refractivity contribution < 1.29 is 0 Å². The fraction of sp³-hybridized carbons (Fsp3) is 0.500. The van der Waals surface area contributed by atoms with Crippen molar-refractivity contribution in [3.63, 3.8) is 0 Å². The van der Waals surface area contributed by atoms with Crippen LogP contribution in [0.4, 0.5) is 0 Å². The fourth-order valence-corrected chi connectivity index (χ4v) is 2.39. The number of nitrogens with one attached hydrogen (secondary N) is 1. The standard InChI is InChI=1S/C12H18IN/c1-9(2)8-12(14-3)10-6-4-5-7-11(10)13/h4-7,9,12,14H,8H2,1-3H3. The van der Waals surface area contributed by atoms with Crippen LogP contribution in [0, 0.1) is 9.49 Å². The highest BCUT2D eigenvalue weighted by Crippen LogP contribution is 2.24. The summed E-state index contributed by atoms with van der Waals surface area (Å²) in [6.07, 6.45) is 1.19. The van der Waals surface area contributed by atoms with Gasteiger partial charge in [-0.3, -0.25) is 0 Å². The molecule has 1 atom stereocenters. The Labute approximate surface area is 100 Å². The zero-order chi connectivity index (χ0) is 10.6. The second-order valence-corrected chi connectivity index (χ2v) is 5.15. The topological polar surface area (TPSA) is 12.0 Å². The molecule has 14 heavy (non-hydrogen) atoms. The molecule has 78 valence electrons. The Hall–Kier alpha value is -0.0900. The second kappa shape index (κ2) is 5.71. The molecular formula is C12H18IN. The normalized spacial score (nSPS) is 13.2. The molecule has 0 aromatic heterocycles. The average molecular weight is 303 g/mol. The van der Waals surface area contributed by atoms with E-state index in [0.29, 0.717) is 6.04 Å². The maximum atomic E-state index is 3.39. The Morgan fingerprint density at radius 3 is 2.43 bits per heavy atom. The van der Waals surface area contributed by atoms with Crippen molar-refractivity contribution >= 4 is 22.6 Å². The summed E-state index contributed by atoms with van der Waals surface area (Å²) in [6.45, 7) is 4.53. The zero-order valence-corrected chi connectivity index (χ0v) is 11.2. The largest absolute Gasteiger partial charge is 0.313 e. The number of rotatable bonds is 4. The summed E-state index contributed by atoms with van der Waals surface area (Å²) in [7, 11) is 2.04. The quantitative estimate of drug-likeness (QED) is 0.838. The number of benzene rings is 1. The van der Waals surface area contributed by atoms with Crippen LogP contribution < -0.4 is 5.32 Å². The highest BCUT2D eigenvalue weighted by molar-refractivity contribution is 14.1. The van der Waals surface area contributed by atoms with E-state index in [-0.39, 0.29) is 0 Å². The van der Waals surface area contributed by atoms with Gasteiger partial charge >= 0.3 is 0 Å². The molecule has 0 aliphatic rings. The molecule has 1 nitrogen and oxygen atoms in total. The number of hydrogen-bond donors (Lipinski definition) is 1. The highest BCUT2D eigenvalue weighted by atomic mass is 127. The monoisotopic (exact) mass is 303 g/mol. The van der Waals surface area contributed by atoms with E-state index in [1.807, 2.05) is 7.05 Å². The maximum Gasteiger partial charge on any atom is 0.0330 e. The van der Waals surface area contributed by atoms with E-state index in [4.69, 9.17) is 0 Å². The SMILES string of the molecule is CNC(CC(C)C)c1ccccc1I. The number of halogens is 1. The Balaban J connectivity index is 2.83. The average Bonchev–Trinajstić information content (AvgIpc) is 2.15. The summed E-state index contributed by atoms with van der Waals surface area (Å²) in [5.41, 5.74) is 1.42. The molecule has 0 saturated heterocycles. The van der Waals surface area contributed by atoms with Gasteiger partial charge in [-0.05, 0) is 53.6 Å². The van der Waals surface area contributed by atoms with Crippen LogP contribution in [0.1, 0.15) is 31.9 Å². The molecule has 0 bridgehead atoms. The van der Waals surface area contributed by atoms with Crippen LogP contribution >= 0.6 is 22.6 Å². The maximum absolute atomic E-state index is 3.39. The first-order valence-corrected chi connectivity index (χ1v) is 6.14. The minimum atomic E-state index is 0.489. The highest BCUT2D eigenvalue weighted by Gasteiger charge is 2.12. The minimum Gasteiger partial charge on any atom is -0.313 e. The molecule has 0 amide bonds. The molecule has 0 heterocycles. The third-order valence-electron chi connectivity index (χ3n) is 2.34. The van der Waals surface area contributed by atoms with Crippen LogP contribution in [-0.2, 0) is 0 Å². The van der Waals surface area contributed by atoms with E-state index in [1.165, 1.54) is 15.6 Å². The van der Waals surface area contributed by atoms with E-state index < -0.39 is 0 Å². The van der Waals surface area contributed by atoms with E-state index >= 15 is 0 Å². The van der Waals surface area contributed by atoms with Crippen LogP contribution in [0.5, 0.6) is 0 Å². The molecule has 1 aromatic carbocycles. The Kier molecular flexibility index (Phi) is 4.89. The van der Waals surface area contributed by atoms with Gasteiger partial charge in [-0.15, -0.1) is 0 Å². The van der Waals surface area contributed by atoms with Crippen LogP contribution in [0.15, 0.2) is 24.3 Å². The molecule has 0 fully saturated rings. The van der Waals surface area contributed by atoms with Gasteiger partial charge in [0.2, 0.25) is 0 Å². The van der Waals surface area contributed by atoms with Crippen LogP contribution in [-0.4, -0.2) is 7.05 Å². The lowest BCUT2D eigenvalue weighted by molar-refractivity contribution is 0.455. The molecule has 0 aliphatic heterocycles. The Morgan fingerprint density at radius 1 is 1.29 bits per heavy atom. The van der Waals surface area contributed by atoms with Crippen LogP contribution in [0.25, 0.3) is 0 Å². The van der Waals surface area contributed by atoms with Gasteiger partial charge in [0.1, 0.15) is 0 Å². The predicted molar refractivity (Wildman–Crippen MR) is 70.4 cm³/mol. The molecule has 0 spiro atoms. The van der Waals surface area contributed by atoms with Gasteiger partial charge in [-0.2, -0.15) is 0 Å². The molecular weight excluding hydrogens is 285 g/mol. The summed E-state index contributed by atoms with van der Waals surface area (Å²) in [4.78, 5) is 0. The summed E-state index contributed by atoms with van der Waals surface area (Å²) in [6, 6.07) is 9.07. The Morgan fingerprint density at radius 2 is 1.93 bits per heavy atom. The predicted octanol–water partition coefficient (Wildman–Crippen LogP) is 3.60. The smallest absolute Gasteiger partial charge is 0.0330 e. The molecule has 1 N–H and O–H groups in total. The first-order chi connectivity index (χ1) is 6.65. The summed E-state index contributed by atoms with van der Waals surface area (Å²) >= 11 is 2.41. The molecule has 0 radical (unpaired) electrons. The lowest BCUT2D eigenvalue weighted by Gasteiger charge is -2.20. The van der Waals surface area contributed by atoms with Crippen molar-refractivity contribution in [2.24, 2.45) is 5.92 Å². The van der Waals surface area contributed by atoms with Crippen molar-refractivity contribution in [3.05, 3.63) is 33.4 Å². The van der Waals surface area contributed by atoms with Crippen molar-refractivity contribution in [1.29, 1.82) is 0 Å². The second-order valence-electron chi connectivity index (χ2n) is 3.99. The van der Waals surface area contributed by atoms with Gasteiger partial charge in [-0.1, -0.05) is 32.0 Å². The molecule has 1 unspecified atom stereocenters. The van der Waals surface area contributed by atoms with Gasteiger partial charge in [0.15, 0.2) is 0 Å². The molecule has 0 aliphatic carbocycles. The van der Waals surface area contributed by atoms with Crippen LogP contribution in [0.3, 0.4) is 0 Å². The van der Waals surface area contributed by atoms with Gasteiger partial charge < -0.3 is 5.32 Å². The summed E-state index contributed by atoms with van der Waals surface area (Å²) in [5, 5.41) is 3.39. The lowest BCUT2D eigenvalue weighted by Crippen LogP contribution is -2.19. The molecule has 1 aromatic rings. The summed E-state index contributed by atoms with van der Waals surface area (Å²) in [5.74, 6) is 0.725. The van der Waals surface area contributed by atoms with Crippen molar-refractivity contribution in [3.8, 4) is 0 Å². The van der Waals surface area contributed by atoms with E-state index in [1.54, 1.807) is 0 Å². The molecule has 2 heteroatoms. The first kappa shape index (κ1) is 12.0. The number of hydrogen-bond acceptors (Lipinski definition) is 1. The molecule has 1 rings (SSSR count). The van der Waals surface area contributed by atoms with Crippen molar-refractivity contribution in [1.82, 2.24) is 5.32 Å². The lowest BCUT2D eigenvalue weighted by atomic mass is 9.97. The van der Waals surface area contributed by atoms with E-state index in [2.05, 4.69) is 66.0 Å². The van der Waals surface area contributed by atoms with Crippen molar-refractivity contribution in [2.45, 2.75) is 26.3 Å². The minimum absolute atomic E-state index is 0.489. The van der Waals surface area contributed by atoms with Gasteiger partial charge in [-0.25, -0.2) is 0 Å². The van der Waals surface area contributed by atoms with Gasteiger partial charge in [0, 0.05) is 9.61 Å². The van der Waals surface area contributed by atoms with E-state index in [0.717, 1.165) is 5.92 Å². The molecule has 0 saturated carbocycles. The van der Waals surface area contributed by atoms with E-state index in [9.17, 15) is 0 Å². The Bertz CT molecular complexity index is 283. The zero-order valence-electron chi connectivity index (χ0n) is 9.05. The summed E-state index contributed by atoms with van der Waals surface area (Å²) < 4.78 is 1.35. The third-order valence-corrected chi connectivity index (χ3v) is 3.32. The van der Waals surface area contributed by atoms with Gasteiger partial charge in [0.05, 0.1) is 0 Å². The van der Waals surface area contributed by atoms with Crippen LogP contribution in [0.2, 0.25) is 0 Å². The third kappa shape index (κ3) is 3.24. The first-order valence-electron chi connectivity index (χ1n) is 5.06.